The summed E-state index contributed by atoms with van der Waals surface area (Å²) in [5.74, 6) is -0.0304. The number of nitrogens with zero attached hydrogens (tertiary/aromatic N) is 1. The Morgan fingerprint density at radius 3 is 2.39 bits per heavy atom. The molecule has 1 saturated carbocycles. The van der Waals surface area contributed by atoms with E-state index in [0.717, 1.165) is 19.3 Å². The number of esters is 1. The Morgan fingerprint density at radius 2 is 1.94 bits per heavy atom. The van der Waals surface area contributed by atoms with Gasteiger partial charge in [-0.3, -0.25) is 9.59 Å². The average Bonchev–Trinajstić information content (AvgIpc) is 2.95. The molecule has 1 aliphatic heterocycles. The lowest BCUT2D eigenvalue weighted by Crippen LogP contribution is -2.39. The molecule has 5 heteroatoms. The number of ether oxygens (including phenoxy) is 1. The number of likely N-dealkylation sites (tertiary alicyclic amines) is 1. The second-order valence-corrected chi connectivity index (χ2v) is 6.82. The van der Waals surface area contributed by atoms with E-state index >= 15 is 0 Å². The van der Waals surface area contributed by atoms with Gasteiger partial charge in [-0.05, 0) is 19.3 Å². The zero-order chi connectivity index (χ0) is 13.3. The van der Waals surface area contributed by atoms with Crippen molar-refractivity contribution in [2.45, 2.75) is 37.9 Å². The van der Waals surface area contributed by atoms with Crippen molar-refractivity contribution in [2.24, 2.45) is 11.3 Å². The monoisotopic (exact) mass is 317 g/mol. The molecule has 1 amide bonds. The summed E-state index contributed by atoms with van der Waals surface area (Å²) >= 11 is 3.54. The Morgan fingerprint density at radius 1 is 1.39 bits per heavy atom. The van der Waals surface area contributed by atoms with E-state index < -0.39 is 0 Å². The molecule has 2 aliphatic rings. The van der Waals surface area contributed by atoms with Crippen LogP contribution >= 0.6 is 15.9 Å². The van der Waals surface area contributed by atoms with Crippen LogP contribution in [-0.4, -0.2) is 41.3 Å². The maximum Gasteiger partial charge on any atom is 0.309 e. The Balaban J connectivity index is 1.72. The molecule has 0 bridgehead atoms. The Bertz CT molecular complexity index is 352. The van der Waals surface area contributed by atoms with E-state index in [1.165, 1.54) is 0 Å². The van der Waals surface area contributed by atoms with Crippen molar-refractivity contribution < 1.29 is 14.3 Å². The van der Waals surface area contributed by atoms with Crippen LogP contribution in [0.25, 0.3) is 0 Å². The van der Waals surface area contributed by atoms with Crippen molar-refractivity contribution in [3.8, 4) is 0 Å². The molecule has 0 radical (unpaired) electrons. The van der Waals surface area contributed by atoms with Crippen molar-refractivity contribution in [2.75, 3.05) is 19.7 Å². The maximum atomic E-state index is 11.9. The minimum absolute atomic E-state index is 0.0308. The number of hydrogen-bond donors (Lipinski definition) is 0. The van der Waals surface area contributed by atoms with Crippen LogP contribution in [0.3, 0.4) is 0 Å². The predicted molar refractivity (Wildman–Crippen MR) is 71.4 cm³/mol. The number of rotatable bonds is 3. The fraction of sp³-hybridized carbons (Fsp3) is 0.846. The smallest absolute Gasteiger partial charge is 0.309 e. The van der Waals surface area contributed by atoms with Gasteiger partial charge in [0.05, 0.1) is 12.5 Å². The van der Waals surface area contributed by atoms with E-state index in [4.69, 9.17) is 4.74 Å². The molecule has 2 atom stereocenters. The summed E-state index contributed by atoms with van der Waals surface area (Å²) in [4.78, 5) is 25.4. The SMILES string of the molecule is CC(=O)N1CCC(C(=O)OCC2(C)CC2Br)CC1. The van der Waals surface area contributed by atoms with Gasteiger partial charge in [-0.25, -0.2) is 0 Å². The molecule has 102 valence electrons. The van der Waals surface area contributed by atoms with Gasteiger partial charge in [-0.2, -0.15) is 0 Å². The zero-order valence-electron chi connectivity index (χ0n) is 10.9. The maximum absolute atomic E-state index is 11.9. The number of halogens is 1. The predicted octanol–water partition coefficient (Wildman–Crippen LogP) is 1.96. The van der Waals surface area contributed by atoms with Gasteiger partial charge in [0.1, 0.15) is 0 Å². The molecular formula is C13H20BrNO3. The van der Waals surface area contributed by atoms with Crippen molar-refractivity contribution >= 4 is 27.8 Å². The minimum Gasteiger partial charge on any atom is -0.465 e. The highest BCUT2D eigenvalue weighted by Crippen LogP contribution is 2.51. The van der Waals surface area contributed by atoms with Crippen LogP contribution in [0, 0.1) is 11.3 Å². The zero-order valence-corrected chi connectivity index (χ0v) is 12.5. The Kier molecular flexibility index (Phi) is 3.99. The molecule has 1 aliphatic carbocycles. The second-order valence-electron chi connectivity index (χ2n) is 5.71. The third-order valence-electron chi connectivity index (χ3n) is 4.06. The van der Waals surface area contributed by atoms with Crippen LogP contribution in [0.4, 0.5) is 0 Å². The minimum atomic E-state index is -0.0916. The van der Waals surface area contributed by atoms with Gasteiger partial charge in [0, 0.05) is 30.3 Å². The van der Waals surface area contributed by atoms with Crippen molar-refractivity contribution in [1.82, 2.24) is 4.90 Å². The molecule has 2 unspecified atom stereocenters. The molecule has 2 rings (SSSR count). The summed E-state index contributed by atoms with van der Waals surface area (Å²) in [5.41, 5.74) is 0.135. The van der Waals surface area contributed by atoms with E-state index in [1.807, 2.05) is 0 Å². The van der Waals surface area contributed by atoms with Crippen molar-refractivity contribution in [3.05, 3.63) is 0 Å². The number of alkyl halides is 1. The summed E-state index contributed by atoms with van der Waals surface area (Å²) in [6, 6.07) is 0. The van der Waals surface area contributed by atoms with E-state index in [9.17, 15) is 9.59 Å². The van der Waals surface area contributed by atoms with Crippen molar-refractivity contribution in [1.29, 1.82) is 0 Å². The van der Waals surface area contributed by atoms with Crippen molar-refractivity contribution in [3.63, 3.8) is 0 Å². The highest BCUT2D eigenvalue weighted by molar-refractivity contribution is 9.09. The van der Waals surface area contributed by atoms with E-state index in [0.29, 0.717) is 24.5 Å². The summed E-state index contributed by atoms with van der Waals surface area (Å²) < 4.78 is 5.40. The number of amides is 1. The summed E-state index contributed by atoms with van der Waals surface area (Å²) in [7, 11) is 0. The fourth-order valence-corrected chi connectivity index (χ4v) is 3.16. The lowest BCUT2D eigenvalue weighted by molar-refractivity contribution is -0.153. The number of hydrogen-bond acceptors (Lipinski definition) is 3. The molecule has 0 spiro atoms. The molecule has 0 aromatic heterocycles. The molecular weight excluding hydrogens is 298 g/mol. The fourth-order valence-electron chi connectivity index (χ4n) is 2.28. The van der Waals surface area contributed by atoms with Crippen LogP contribution in [-0.2, 0) is 14.3 Å². The van der Waals surface area contributed by atoms with Crippen LogP contribution < -0.4 is 0 Å². The van der Waals surface area contributed by atoms with E-state index in [1.54, 1.807) is 11.8 Å². The molecule has 0 aromatic carbocycles. The van der Waals surface area contributed by atoms with E-state index in [-0.39, 0.29) is 23.2 Å². The molecule has 2 fully saturated rings. The number of piperidine rings is 1. The molecule has 4 nitrogen and oxygen atoms in total. The van der Waals surface area contributed by atoms with Crippen LogP contribution in [0.2, 0.25) is 0 Å². The van der Waals surface area contributed by atoms with Crippen LogP contribution in [0.5, 0.6) is 0 Å². The summed E-state index contributed by atoms with van der Waals surface area (Å²) in [6.07, 6.45) is 2.53. The highest BCUT2D eigenvalue weighted by Gasteiger charge is 2.49. The van der Waals surface area contributed by atoms with Gasteiger partial charge in [0.25, 0.3) is 0 Å². The van der Waals surface area contributed by atoms with Gasteiger partial charge >= 0.3 is 5.97 Å². The molecule has 0 aromatic rings. The van der Waals surface area contributed by atoms with Crippen LogP contribution in [0.15, 0.2) is 0 Å². The molecule has 1 saturated heterocycles. The lowest BCUT2D eigenvalue weighted by Gasteiger charge is -2.30. The quantitative estimate of drug-likeness (QED) is 0.590. The third kappa shape index (κ3) is 3.05. The Labute approximate surface area is 116 Å². The van der Waals surface area contributed by atoms with Gasteiger partial charge < -0.3 is 9.64 Å². The van der Waals surface area contributed by atoms with Gasteiger partial charge in [-0.1, -0.05) is 22.9 Å². The number of carbonyl (C=O) groups excluding carboxylic acids is 2. The van der Waals surface area contributed by atoms with Gasteiger partial charge in [-0.15, -0.1) is 0 Å². The molecule has 1 heterocycles. The van der Waals surface area contributed by atoms with Crippen LogP contribution in [0.1, 0.15) is 33.1 Å². The highest BCUT2D eigenvalue weighted by atomic mass is 79.9. The topological polar surface area (TPSA) is 46.6 Å². The first-order valence-corrected chi connectivity index (χ1v) is 7.40. The largest absolute Gasteiger partial charge is 0.465 e. The summed E-state index contributed by atoms with van der Waals surface area (Å²) in [6.45, 7) is 5.55. The first-order chi connectivity index (χ1) is 8.42. The third-order valence-corrected chi connectivity index (χ3v) is 5.49. The second kappa shape index (κ2) is 5.19. The summed E-state index contributed by atoms with van der Waals surface area (Å²) in [5, 5.41) is 0. The average molecular weight is 318 g/mol. The van der Waals surface area contributed by atoms with E-state index in [2.05, 4.69) is 22.9 Å². The number of carbonyl (C=O) groups is 2. The first kappa shape index (κ1) is 13.8. The van der Waals surface area contributed by atoms with Gasteiger partial charge in [0.15, 0.2) is 0 Å². The Hall–Kier alpha value is -0.580. The standard InChI is InChI=1S/C13H20BrNO3/c1-9(16)15-5-3-10(4-6-15)12(17)18-8-13(2)7-11(13)14/h10-11H,3-8H2,1-2H3. The first-order valence-electron chi connectivity index (χ1n) is 6.48. The molecule has 0 N–H and O–H groups in total. The van der Waals surface area contributed by atoms with Gasteiger partial charge in [0.2, 0.25) is 5.91 Å². The lowest BCUT2D eigenvalue weighted by atomic mass is 9.97. The molecule has 18 heavy (non-hydrogen) atoms. The normalized spacial score (nSPS) is 32.2.